The molecular formula is C11H10F4O. The summed E-state index contributed by atoms with van der Waals surface area (Å²) in [7, 11) is 0. The number of rotatable bonds is 3. The van der Waals surface area contributed by atoms with Gasteiger partial charge in [-0.05, 0) is 11.1 Å². The van der Waals surface area contributed by atoms with E-state index in [0.29, 0.717) is 5.56 Å². The van der Waals surface area contributed by atoms with Crippen molar-refractivity contribution in [3.8, 4) is 0 Å². The predicted molar refractivity (Wildman–Crippen MR) is 52.5 cm³/mol. The molecule has 1 nitrogen and oxygen atoms in total. The van der Waals surface area contributed by atoms with Gasteiger partial charge in [0.15, 0.2) is 0 Å². The minimum Gasteiger partial charge on any atom is -0.374 e. The molecule has 1 unspecified atom stereocenters. The van der Waals surface area contributed by atoms with Crippen molar-refractivity contribution >= 4 is 6.08 Å². The SMILES string of the molecule is C=Cc1ccc(C(O)(CF)C(F)(F)F)cc1. The van der Waals surface area contributed by atoms with Gasteiger partial charge in [0.05, 0.1) is 0 Å². The first-order valence-corrected chi connectivity index (χ1v) is 4.43. The topological polar surface area (TPSA) is 20.2 Å². The van der Waals surface area contributed by atoms with Crippen molar-refractivity contribution in [2.24, 2.45) is 0 Å². The number of hydrogen-bond donors (Lipinski definition) is 1. The van der Waals surface area contributed by atoms with Crippen molar-refractivity contribution in [2.75, 3.05) is 6.67 Å². The molecule has 16 heavy (non-hydrogen) atoms. The Morgan fingerprint density at radius 1 is 1.19 bits per heavy atom. The molecule has 0 heterocycles. The van der Waals surface area contributed by atoms with E-state index in [2.05, 4.69) is 6.58 Å². The highest BCUT2D eigenvalue weighted by Crippen LogP contribution is 2.39. The van der Waals surface area contributed by atoms with Crippen molar-refractivity contribution in [1.82, 2.24) is 0 Å². The quantitative estimate of drug-likeness (QED) is 0.797. The van der Waals surface area contributed by atoms with Crippen molar-refractivity contribution in [2.45, 2.75) is 11.8 Å². The molecule has 0 saturated heterocycles. The maximum Gasteiger partial charge on any atom is 0.424 e. The summed E-state index contributed by atoms with van der Waals surface area (Å²) in [6, 6.07) is 4.72. The fourth-order valence-corrected chi connectivity index (χ4v) is 1.21. The summed E-state index contributed by atoms with van der Waals surface area (Å²) in [4.78, 5) is 0. The third-order valence-electron chi connectivity index (χ3n) is 2.29. The normalized spacial score (nSPS) is 15.6. The Labute approximate surface area is 90.0 Å². The minimum atomic E-state index is -5.04. The standard InChI is InChI=1S/C11H10F4O/c1-2-8-3-5-9(6-4-8)10(16,7-12)11(13,14)15/h2-6,16H,1,7H2. The second kappa shape index (κ2) is 4.25. The lowest BCUT2D eigenvalue weighted by atomic mass is 9.94. The van der Waals surface area contributed by atoms with E-state index in [1.165, 1.54) is 18.2 Å². The van der Waals surface area contributed by atoms with Gasteiger partial charge < -0.3 is 5.11 Å². The highest BCUT2D eigenvalue weighted by atomic mass is 19.4. The molecular weight excluding hydrogens is 224 g/mol. The Kier molecular flexibility index (Phi) is 3.38. The van der Waals surface area contributed by atoms with E-state index in [0.717, 1.165) is 12.1 Å². The minimum absolute atomic E-state index is 0.520. The van der Waals surface area contributed by atoms with Crippen LogP contribution in [0.5, 0.6) is 0 Å². The van der Waals surface area contributed by atoms with Gasteiger partial charge in [0.25, 0.3) is 0 Å². The number of aliphatic hydroxyl groups is 1. The maximum absolute atomic E-state index is 12.5. The highest BCUT2D eigenvalue weighted by molar-refractivity contribution is 5.47. The Morgan fingerprint density at radius 2 is 1.69 bits per heavy atom. The van der Waals surface area contributed by atoms with E-state index in [4.69, 9.17) is 0 Å². The van der Waals surface area contributed by atoms with Crippen molar-refractivity contribution in [1.29, 1.82) is 0 Å². The average molecular weight is 234 g/mol. The smallest absolute Gasteiger partial charge is 0.374 e. The van der Waals surface area contributed by atoms with Gasteiger partial charge in [0.2, 0.25) is 5.60 Å². The molecule has 0 aliphatic rings. The van der Waals surface area contributed by atoms with Crippen LogP contribution in [0.3, 0.4) is 0 Å². The van der Waals surface area contributed by atoms with E-state index in [-0.39, 0.29) is 0 Å². The lowest BCUT2D eigenvalue weighted by Gasteiger charge is -2.27. The van der Waals surface area contributed by atoms with Crippen molar-refractivity contribution in [3.63, 3.8) is 0 Å². The zero-order valence-corrected chi connectivity index (χ0v) is 8.26. The summed E-state index contributed by atoms with van der Waals surface area (Å²) in [6.07, 6.45) is -3.61. The fourth-order valence-electron chi connectivity index (χ4n) is 1.21. The molecule has 0 radical (unpaired) electrons. The molecule has 0 fully saturated rings. The lowest BCUT2D eigenvalue weighted by Crippen LogP contribution is -2.44. The molecule has 1 aromatic rings. The zero-order chi connectivity index (χ0) is 12.4. The van der Waals surface area contributed by atoms with E-state index < -0.39 is 24.0 Å². The molecule has 0 aliphatic heterocycles. The Hall–Kier alpha value is -1.36. The summed E-state index contributed by atoms with van der Waals surface area (Å²) in [5, 5.41) is 9.27. The van der Waals surface area contributed by atoms with Gasteiger partial charge in [-0.1, -0.05) is 36.9 Å². The molecule has 88 valence electrons. The van der Waals surface area contributed by atoms with Crippen LogP contribution in [-0.4, -0.2) is 18.0 Å². The maximum atomic E-state index is 12.5. The number of halogens is 4. The van der Waals surface area contributed by atoms with E-state index in [9.17, 15) is 22.7 Å². The fraction of sp³-hybridized carbons (Fsp3) is 0.273. The van der Waals surface area contributed by atoms with Crippen LogP contribution >= 0.6 is 0 Å². The van der Waals surface area contributed by atoms with Gasteiger partial charge in [-0.15, -0.1) is 0 Å². The van der Waals surface area contributed by atoms with Gasteiger partial charge in [-0.3, -0.25) is 0 Å². The molecule has 1 aromatic carbocycles. The Bertz CT molecular complexity index is 369. The van der Waals surface area contributed by atoms with E-state index >= 15 is 0 Å². The third kappa shape index (κ3) is 2.09. The van der Waals surface area contributed by atoms with Crippen LogP contribution in [0.25, 0.3) is 6.08 Å². The number of benzene rings is 1. The van der Waals surface area contributed by atoms with Crippen molar-refractivity contribution in [3.05, 3.63) is 42.0 Å². The molecule has 0 aliphatic carbocycles. The third-order valence-corrected chi connectivity index (χ3v) is 2.29. The molecule has 0 bridgehead atoms. The Balaban J connectivity index is 3.18. The first kappa shape index (κ1) is 12.7. The van der Waals surface area contributed by atoms with Crippen LogP contribution < -0.4 is 0 Å². The summed E-state index contributed by atoms with van der Waals surface area (Å²) >= 11 is 0. The first-order chi connectivity index (χ1) is 7.35. The average Bonchev–Trinajstić information content (AvgIpc) is 2.26. The molecule has 0 amide bonds. The zero-order valence-electron chi connectivity index (χ0n) is 8.26. The number of alkyl halides is 4. The van der Waals surface area contributed by atoms with Crippen LogP contribution in [0.2, 0.25) is 0 Å². The summed E-state index contributed by atoms with van der Waals surface area (Å²) in [5.74, 6) is 0. The largest absolute Gasteiger partial charge is 0.424 e. The van der Waals surface area contributed by atoms with E-state index in [1.807, 2.05) is 0 Å². The second-order valence-corrected chi connectivity index (χ2v) is 3.32. The second-order valence-electron chi connectivity index (χ2n) is 3.32. The number of hydrogen-bond acceptors (Lipinski definition) is 1. The molecule has 1 rings (SSSR count). The van der Waals surface area contributed by atoms with Crippen molar-refractivity contribution < 1.29 is 22.7 Å². The predicted octanol–water partition coefficient (Wildman–Crippen LogP) is 3.05. The highest BCUT2D eigenvalue weighted by Gasteiger charge is 2.55. The van der Waals surface area contributed by atoms with Crippen LogP contribution in [0.15, 0.2) is 30.8 Å². The first-order valence-electron chi connectivity index (χ1n) is 4.43. The van der Waals surface area contributed by atoms with Gasteiger partial charge in [-0.25, -0.2) is 4.39 Å². The molecule has 0 saturated carbocycles. The lowest BCUT2D eigenvalue weighted by molar-refractivity contribution is -0.271. The molecule has 5 heteroatoms. The molecule has 0 aromatic heterocycles. The monoisotopic (exact) mass is 234 g/mol. The molecule has 1 atom stereocenters. The van der Waals surface area contributed by atoms with Crippen LogP contribution in [0, 0.1) is 0 Å². The summed E-state index contributed by atoms with van der Waals surface area (Å²) in [6.45, 7) is 1.52. The van der Waals surface area contributed by atoms with Crippen LogP contribution in [0.1, 0.15) is 11.1 Å². The van der Waals surface area contributed by atoms with E-state index in [1.54, 1.807) is 0 Å². The molecule has 1 N–H and O–H groups in total. The molecule has 0 spiro atoms. The van der Waals surface area contributed by atoms with Gasteiger partial charge in [0.1, 0.15) is 6.67 Å². The van der Waals surface area contributed by atoms with Gasteiger partial charge in [0, 0.05) is 0 Å². The van der Waals surface area contributed by atoms with Crippen LogP contribution in [-0.2, 0) is 5.60 Å². The van der Waals surface area contributed by atoms with Gasteiger partial charge >= 0.3 is 6.18 Å². The Morgan fingerprint density at radius 3 is 2.00 bits per heavy atom. The summed E-state index contributed by atoms with van der Waals surface area (Å²) < 4.78 is 49.8. The van der Waals surface area contributed by atoms with Gasteiger partial charge in [-0.2, -0.15) is 13.2 Å². The van der Waals surface area contributed by atoms with Crippen LogP contribution in [0.4, 0.5) is 17.6 Å². The summed E-state index contributed by atoms with van der Waals surface area (Å²) in [5.41, 5.74) is -3.37.